The number of ether oxygens (including phenoxy) is 5. The molecule has 0 unspecified atom stereocenters. The fraction of sp³-hybridized carbons (Fsp3) is 0.739. The summed E-state index contributed by atoms with van der Waals surface area (Å²) in [4.78, 5) is 0. The number of hydrogen-bond donors (Lipinski definition) is 0. The second-order valence-electron chi connectivity index (χ2n) is 6.60. The minimum atomic E-state index is -0.750. The van der Waals surface area contributed by atoms with Crippen LogP contribution in [0, 0.1) is 23.7 Å². The Morgan fingerprint density at radius 3 is 1.63 bits per heavy atom. The van der Waals surface area contributed by atoms with Gasteiger partial charge >= 0.3 is 51.4 Å². The molecule has 6 nitrogen and oxygen atoms in total. The van der Waals surface area contributed by atoms with Gasteiger partial charge in [0.1, 0.15) is 0 Å². The number of unbranched alkanes of at least 4 members (excludes halogenated alkanes) is 1. The van der Waals surface area contributed by atoms with Crippen LogP contribution in [0.2, 0.25) is 0 Å². The minimum Gasteiger partial charge on any atom is -0.850 e. The number of allylic oxidation sites excluding steroid dienone is 1. The molecule has 0 saturated carbocycles. The van der Waals surface area contributed by atoms with Crippen LogP contribution in [0.3, 0.4) is 0 Å². The molecule has 0 aromatic rings. The molecule has 1 heterocycles. The predicted octanol–water partition coefficient (Wildman–Crippen LogP) is 0.150. The molecule has 0 N–H and O–H groups in total. The molecule has 0 spiro atoms. The molecule has 0 aromatic carbocycles. The Hall–Kier alpha value is 0.256. The first-order valence-corrected chi connectivity index (χ1v) is 9.69. The van der Waals surface area contributed by atoms with Gasteiger partial charge in [0, 0.05) is 48.1 Å². The maximum Gasteiger partial charge on any atom is 1.00 e. The molecule has 0 radical (unpaired) electrons. The van der Waals surface area contributed by atoms with E-state index < -0.39 is 11.9 Å². The van der Waals surface area contributed by atoms with Crippen molar-refractivity contribution in [3.63, 3.8) is 0 Å². The molecule has 0 bridgehead atoms. The average Bonchev–Trinajstić information content (AvgIpc) is 3.26. The van der Waals surface area contributed by atoms with Crippen LogP contribution in [0.15, 0.2) is 12.7 Å². The minimum absolute atomic E-state index is 0. The third kappa shape index (κ3) is 42.4. The predicted molar refractivity (Wildman–Crippen MR) is 116 cm³/mol. The van der Waals surface area contributed by atoms with E-state index >= 15 is 0 Å². The van der Waals surface area contributed by atoms with Gasteiger partial charge < -0.3 is 28.8 Å². The summed E-state index contributed by atoms with van der Waals surface area (Å²) < 4.78 is 24.2. The number of methoxy groups -OCH3 is 4. The quantitative estimate of drug-likeness (QED) is 0.336. The first-order valence-electron chi connectivity index (χ1n) is 9.69. The Kier molecular flexibility index (Phi) is 36.6. The zero-order valence-corrected chi connectivity index (χ0v) is 23.8. The zero-order chi connectivity index (χ0) is 23.0. The summed E-state index contributed by atoms with van der Waals surface area (Å²) in [5, 5.41) is 10.1. The van der Waals surface area contributed by atoms with Crippen molar-refractivity contribution in [2.75, 3.05) is 41.7 Å². The average molecular weight is 453 g/mol. The van der Waals surface area contributed by atoms with E-state index in [0.717, 1.165) is 26.1 Å². The summed E-state index contributed by atoms with van der Waals surface area (Å²) in [5.74, 6) is 11.0. The molecule has 0 atom stereocenters. The van der Waals surface area contributed by atoms with Crippen molar-refractivity contribution in [3.05, 3.63) is 12.7 Å². The van der Waals surface area contributed by atoms with E-state index in [1.807, 2.05) is 0 Å². The van der Waals surface area contributed by atoms with Crippen LogP contribution < -0.4 is 56.5 Å². The van der Waals surface area contributed by atoms with Crippen molar-refractivity contribution >= 4 is 0 Å². The molecule has 0 amide bonds. The van der Waals surface area contributed by atoms with Gasteiger partial charge in [-0.3, -0.25) is 0 Å². The van der Waals surface area contributed by atoms with Gasteiger partial charge in [-0.25, -0.2) is 0 Å². The van der Waals surface area contributed by atoms with Crippen LogP contribution in [0.4, 0.5) is 0 Å². The number of rotatable bonds is 5. The fourth-order valence-electron chi connectivity index (χ4n) is 1.35. The van der Waals surface area contributed by atoms with Gasteiger partial charge in [0.2, 0.25) is 12.6 Å². The van der Waals surface area contributed by atoms with Gasteiger partial charge in [0.15, 0.2) is 0 Å². The van der Waals surface area contributed by atoms with Crippen molar-refractivity contribution < 1.29 is 80.2 Å². The van der Waals surface area contributed by atoms with E-state index in [4.69, 9.17) is 23.7 Å². The Morgan fingerprint density at radius 1 is 0.967 bits per heavy atom. The maximum atomic E-state index is 10.1. The van der Waals surface area contributed by atoms with E-state index in [1.54, 1.807) is 35.0 Å². The van der Waals surface area contributed by atoms with Crippen LogP contribution in [0.5, 0.6) is 0 Å². The van der Waals surface area contributed by atoms with Crippen molar-refractivity contribution in [2.45, 2.75) is 71.6 Å². The standard InChI is InChI=1S/C8H14O2.C7H10O2.C4H8O.C4H9O.K/c1-4-5-6-7-8(9-2)10-3;1-4-5-6-7(8-2)9-3;1-2-4-5-3-1;1-4(2,3)5;/h8H,4-5H2,1-3H3;4,7H,1H2,2-3H3;1-4H2;1-3H3;/q;;;-1;+1. The van der Waals surface area contributed by atoms with Gasteiger partial charge in [-0.2, -0.15) is 0 Å². The van der Waals surface area contributed by atoms with E-state index in [0.29, 0.717) is 0 Å². The first-order chi connectivity index (χ1) is 13.7. The Bertz CT molecular complexity index is 442. The molecule has 0 aliphatic carbocycles. The normalized spacial score (nSPS) is 11.6. The molecular weight excluding hydrogens is 411 g/mol. The van der Waals surface area contributed by atoms with Gasteiger partial charge in [0.05, 0.1) is 0 Å². The maximum absolute atomic E-state index is 10.1. The second-order valence-corrected chi connectivity index (χ2v) is 6.60. The fourth-order valence-corrected chi connectivity index (χ4v) is 1.35. The molecule has 1 rings (SSSR count). The Morgan fingerprint density at radius 2 is 1.37 bits per heavy atom. The summed E-state index contributed by atoms with van der Waals surface area (Å²) in [6.07, 6.45) is 5.25. The van der Waals surface area contributed by atoms with Crippen molar-refractivity contribution in [1.29, 1.82) is 0 Å². The third-order valence-corrected chi connectivity index (χ3v) is 2.58. The molecule has 170 valence electrons. The first kappa shape index (κ1) is 37.6. The van der Waals surface area contributed by atoms with Gasteiger partial charge in [-0.1, -0.05) is 46.1 Å². The van der Waals surface area contributed by atoms with E-state index in [1.165, 1.54) is 33.1 Å². The molecule has 30 heavy (non-hydrogen) atoms. The van der Waals surface area contributed by atoms with Crippen molar-refractivity contribution in [2.24, 2.45) is 0 Å². The zero-order valence-electron chi connectivity index (χ0n) is 20.6. The van der Waals surface area contributed by atoms with Gasteiger partial charge in [-0.15, -0.1) is 5.60 Å². The van der Waals surface area contributed by atoms with E-state index in [9.17, 15) is 5.11 Å². The molecular formula is C23H41KO6. The van der Waals surface area contributed by atoms with Crippen LogP contribution in [0.25, 0.3) is 0 Å². The summed E-state index contributed by atoms with van der Waals surface area (Å²) in [7, 11) is 6.22. The SMILES string of the molecule is C1CCOC1.C=CC#CC(OC)OC.CC(C)(C)[O-].CCCC#CC(OC)OC.[K+]. The molecule has 7 heteroatoms. The van der Waals surface area contributed by atoms with E-state index in [2.05, 4.69) is 37.2 Å². The smallest absolute Gasteiger partial charge is 0.850 e. The Labute approximate surface area is 227 Å². The second kappa shape index (κ2) is 29.3. The van der Waals surface area contributed by atoms with Crippen LogP contribution in [-0.2, 0) is 23.7 Å². The molecule has 0 aromatic heterocycles. The summed E-state index contributed by atoms with van der Waals surface area (Å²) >= 11 is 0. The molecule has 1 fully saturated rings. The van der Waals surface area contributed by atoms with Crippen LogP contribution in [0.1, 0.15) is 53.4 Å². The van der Waals surface area contributed by atoms with Crippen LogP contribution in [-0.4, -0.2) is 59.8 Å². The third-order valence-electron chi connectivity index (χ3n) is 2.58. The van der Waals surface area contributed by atoms with Crippen LogP contribution >= 0.6 is 0 Å². The largest absolute Gasteiger partial charge is 1.00 e. The van der Waals surface area contributed by atoms with Crippen molar-refractivity contribution in [1.82, 2.24) is 0 Å². The molecule has 1 saturated heterocycles. The molecule has 1 aliphatic heterocycles. The van der Waals surface area contributed by atoms with E-state index in [-0.39, 0.29) is 57.7 Å². The number of hydrogen-bond acceptors (Lipinski definition) is 6. The Balaban J connectivity index is -0.000000155. The summed E-state index contributed by atoms with van der Waals surface area (Å²) in [6, 6.07) is 0. The van der Waals surface area contributed by atoms with Gasteiger partial charge in [-0.05, 0) is 37.2 Å². The monoisotopic (exact) mass is 452 g/mol. The topological polar surface area (TPSA) is 69.2 Å². The molecule has 1 aliphatic rings. The van der Waals surface area contributed by atoms with Gasteiger partial charge in [0.25, 0.3) is 0 Å². The summed E-state index contributed by atoms with van der Waals surface area (Å²) in [6.45, 7) is 12.4. The van der Waals surface area contributed by atoms with Crippen molar-refractivity contribution in [3.8, 4) is 23.7 Å². The summed E-state index contributed by atoms with van der Waals surface area (Å²) in [5.41, 5.74) is -0.750.